The van der Waals surface area contributed by atoms with E-state index in [-0.39, 0.29) is 0 Å². The van der Waals surface area contributed by atoms with E-state index in [9.17, 15) is 0 Å². The minimum absolute atomic E-state index is 0.803. The zero-order chi connectivity index (χ0) is 9.64. The van der Waals surface area contributed by atoms with Crippen molar-refractivity contribution in [3.63, 3.8) is 0 Å². The normalized spacial score (nSPS) is 22.1. The highest BCUT2D eigenvalue weighted by atomic mass is 32.2. The Morgan fingerprint density at radius 2 is 2.29 bits per heavy atom. The number of nitrogens with one attached hydrogen (secondary N) is 1. The first kappa shape index (κ1) is 9.99. The molecule has 0 bridgehead atoms. The van der Waals surface area contributed by atoms with Gasteiger partial charge in [-0.15, -0.1) is 0 Å². The van der Waals surface area contributed by atoms with E-state index in [4.69, 9.17) is 0 Å². The summed E-state index contributed by atoms with van der Waals surface area (Å²) in [6, 6.07) is 4.20. The van der Waals surface area contributed by atoms with E-state index in [1.807, 2.05) is 12.4 Å². The van der Waals surface area contributed by atoms with Gasteiger partial charge in [0.1, 0.15) is 0 Å². The highest BCUT2D eigenvalue weighted by Crippen LogP contribution is 2.22. The molecule has 0 saturated carbocycles. The molecule has 1 saturated heterocycles. The first-order valence-electron chi connectivity index (χ1n) is 5.16. The molecule has 1 aromatic heterocycles. The monoisotopic (exact) mass is 208 g/mol. The Bertz CT molecular complexity index is 257. The van der Waals surface area contributed by atoms with Crippen LogP contribution in [0, 0.1) is 0 Å². The third-order valence-corrected chi connectivity index (χ3v) is 3.86. The second-order valence-corrected chi connectivity index (χ2v) is 4.92. The van der Waals surface area contributed by atoms with Crippen LogP contribution in [0.15, 0.2) is 24.5 Å². The lowest BCUT2D eigenvalue weighted by molar-refractivity contribution is 0.531. The second kappa shape index (κ2) is 5.37. The molecule has 0 radical (unpaired) electrons. The largest absolute Gasteiger partial charge is 0.316 e. The van der Waals surface area contributed by atoms with Gasteiger partial charge in [0.25, 0.3) is 0 Å². The number of hydrogen-bond acceptors (Lipinski definition) is 3. The second-order valence-electron chi connectivity index (χ2n) is 3.63. The number of aromatic nitrogens is 1. The predicted molar refractivity (Wildman–Crippen MR) is 61.4 cm³/mol. The molecule has 0 aromatic carbocycles. The fourth-order valence-electron chi connectivity index (χ4n) is 1.66. The fraction of sp³-hybridized carbons (Fsp3) is 0.545. The molecule has 1 aliphatic rings. The molecule has 2 heterocycles. The van der Waals surface area contributed by atoms with Crippen LogP contribution in [0.5, 0.6) is 0 Å². The molecule has 0 aliphatic carbocycles. The molecule has 1 N–H and O–H groups in total. The fourth-order valence-corrected chi connectivity index (χ4v) is 2.84. The summed E-state index contributed by atoms with van der Waals surface area (Å²) in [6.45, 7) is 2.38. The highest BCUT2D eigenvalue weighted by molar-refractivity contribution is 7.99. The van der Waals surface area contributed by atoms with Crippen LogP contribution < -0.4 is 5.32 Å². The van der Waals surface area contributed by atoms with Crippen molar-refractivity contribution in [3.05, 3.63) is 30.1 Å². The molecule has 1 aliphatic heterocycles. The first-order chi connectivity index (χ1) is 6.95. The molecule has 1 fully saturated rings. The van der Waals surface area contributed by atoms with Crippen molar-refractivity contribution in [2.24, 2.45) is 0 Å². The van der Waals surface area contributed by atoms with Gasteiger partial charge < -0.3 is 5.32 Å². The van der Waals surface area contributed by atoms with Gasteiger partial charge in [-0.25, -0.2) is 0 Å². The van der Waals surface area contributed by atoms with Gasteiger partial charge in [-0.05, 0) is 37.1 Å². The third-order valence-electron chi connectivity index (χ3n) is 2.49. The van der Waals surface area contributed by atoms with Gasteiger partial charge in [0.15, 0.2) is 0 Å². The zero-order valence-corrected chi connectivity index (χ0v) is 9.09. The summed E-state index contributed by atoms with van der Waals surface area (Å²) >= 11 is 2.06. The van der Waals surface area contributed by atoms with Crippen molar-refractivity contribution in [3.8, 4) is 0 Å². The Balaban J connectivity index is 1.76. The smallest absolute Gasteiger partial charge is 0.0270 e. The van der Waals surface area contributed by atoms with Gasteiger partial charge >= 0.3 is 0 Å². The number of pyridine rings is 1. The minimum atomic E-state index is 0.803. The Hall–Kier alpha value is -0.540. The Labute approximate surface area is 89.5 Å². The molecule has 0 amide bonds. The molecular formula is C11H16N2S. The van der Waals surface area contributed by atoms with E-state index in [1.54, 1.807) is 0 Å². The minimum Gasteiger partial charge on any atom is -0.316 e. The van der Waals surface area contributed by atoms with Crippen molar-refractivity contribution < 1.29 is 0 Å². The van der Waals surface area contributed by atoms with Crippen molar-refractivity contribution in [2.75, 3.05) is 13.1 Å². The van der Waals surface area contributed by atoms with Crippen LogP contribution in [-0.2, 0) is 5.75 Å². The van der Waals surface area contributed by atoms with Gasteiger partial charge in [0.2, 0.25) is 0 Å². The van der Waals surface area contributed by atoms with E-state index in [2.05, 4.69) is 34.2 Å². The van der Waals surface area contributed by atoms with Gasteiger partial charge in [-0.2, -0.15) is 11.8 Å². The van der Waals surface area contributed by atoms with Gasteiger partial charge in [-0.1, -0.05) is 0 Å². The van der Waals surface area contributed by atoms with E-state index in [1.165, 1.54) is 31.5 Å². The summed E-state index contributed by atoms with van der Waals surface area (Å²) in [4.78, 5) is 4.02. The first-order valence-corrected chi connectivity index (χ1v) is 6.21. The van der Waals surface area contributed by atoms with Gasteiger partial charge in [0.05, 0.1) is 0 Å². The van der Waals surface area contributed by atoms with E-state index in [0.29, 0.717) is 0 Å². The van der Waals surface area contributed by atoms with Crippen LogP contribution in [0.25, 0.3) is 0 Å². The Morgan fingerprint density at radius 3 is 3.00 bits per heavy atom. The Morgan fingerprint density at radius 1 is 1.43 bits per heavy atom. The van der Waals surface area contributed by atoms with Crippen molar-refractivity contribution in [1.29, 1.82) is 0 Å². The van der Waals surface area contributed by atoms with E-state index >= 15 is 0 Å². The summed E-state index contributed by atoms with van der Waals surface area (Å²) in [7, 11) is 0. The number of hydrogen-bond donors (Lipinski definition) is 1. The summed E-state index contributed by atoms with van der Waals surface area (Å²) < 4.78 is 0. The maximum absolute atomic E-state index is 4.02. The summed E-state index contributed by atoms with van der Waals surface area (Å²) in [5.41, 5.74) is 1.38. The zero-order valence-electron chi connectivity index (χ0n) is 8.28. The van der Waals surface area contributed by atoms with Crippen LogP contribution in [0.2, 0.25) is 0 Å². The quantitative estimate of drug-likeness (QED) is 0.823. The summed E-state index contributed by atoms with van der Waals surface area (Å²) in [5.74, 6) is 1.12. The SMILES string of the molecule is c1cc(CSC2CCCNC2)ccn1. The molecule has 3 heteroatoms. The van der Waals surface area contributed by atoms with Crippen molar-refractivity contribution in [1.82, 2.24) is 10.3 Å². The number of thioether (sulfide) groups is 1. The molecular weight excluding hydrogens is 192 g/mol. The average molecular weight is 208 g/mol. The van der Waals surface area contributed by atoms with E-state index in [0.717, 1.165) is 11.0 Å². The molecule has 1 aromatic rings. The summed E-state index contributed by atoms with van der Waals surface area (Å²) in [6.07, 6.45) is 6.43. The number of piperidine rings is 1. The van der Waals surface area contributed by atoms with Crippen LogP contribution >= 0.6 is 11.8 Å². The van der Waals surface area contributed by atoms with Crippen LogP contribution in [0.3, 0.4) is 0 Å². The molecule has 1 atom stereocenters. The molecule has 1 unspecified atom stereocenters. The van der Waals surface area contributed by atoms with Crippen LogP contribution in [-0.4, -0.2) is 23.3 Å². The maximum atomic E-state index is 4.02. The maximum Gasteiger partial charge on any atom is 0.0270 e. The van der Waals surface area contributed by atoms with Crippen molar-refractivity contribution in [2.45, 2.75) is 23.8 Å². The molecule has 0 spiro atoms. The molecule has 14 heavy (non-hydrogen) atoms. The lowest BCUT2D eigenvalue weighted by Crippen LogP contribution is -2.31. The van der Waals surface area contributed by atoms with Crippen LogP contribution in [0.1, 0.15) is 18.4 Å². The number of rotatable bonds is 3. The van der Waals surface area contributed by atoms with Gasteiger partial charge in [-0.3, -0.25) is 4.98 Å². The van der Waals surface area contributed by atoms with Crippen molar-refractivity contribution >= 4 is 11.8 Å². The number of nitrogens with zero attached hydrogens (tertiary/aromatic N) is 1. The molecule has 2 nitrogen and oxygen atoms in total. The van der Waals surface area contributed by atoms with Crippen LogP contribution in [0.4, 0.5) is 0 Å². The standard InChI is InChI=1S/C11H16N2S/c1-2-11(8-13-5-1)14-9-10-3-6-12-7-4-10/h3-4,6-7,11,13H,1-2,5,8-9H2. The average Bonchev–Trinajstić information content (AvgIpc) is 2.29. The molecule has 76 valence electrons. The van der Waals surface area contributed by atoms with Gasteiger partial charge in [0, 0.05) is 29.9 Å². The Kier molecular flexibility index (Phi) is 3.83. The third kappa shape index (κ3) is 3.00. The lowest BCUT2D eigenvalue weighted by Gasteiger charge is -2.22. The topological polar surface area (TPSA) is 24.9 Å². The predicted octanol–water partition coefficient (Wildman–Crippen LogP) is 2.07. The summed E-state index contributed by atoms with van der Waals surface area (Å²) in [5, 5.41) is 4.24. The lowest BCUT2D eigenvalue weighted by atomic mass is 10.2. The van der Waals surface area contributed by atoms with E-state index < -0.39 is 0 Å². The highest BCUT2D eigenvalue weighted by Gasteiger charge is 2.12. The molecule has 2 rings (SSSR count).